The van der Waals surface area contributed by atoms with E-state index in [9.17, 15) is 22.8 Å². The first kappa shape index (κ1) is 25.9. The first-order valence-corrected chi connectivity index (χ1v) is 12.4. The van der Waals surface area contributed by atoms with Gasteiger partial charge in [0.05, 0.1) is 24.1 Å². The fraction of sp³-hybridized carbons (Fsp3) is 0.292. The van der Waals surface area contributed by atoms with Gasteiger partial charge in [-0.25, -0.2) is 8.42 Å². The van der Waals surface area contributed by atoms with E-state index in [1.165, 1.54) is 41.6 Å². The molecular weight excluding hydrogens is 472 g/mol. The predicted octanol–water partition coefficient (Wildman–Crippen LogP) is 2.28. The monoisotopic (exact) mass is 500 g/mol. The van der Waals surface area contributed by atoms with Gasteiger partial charge >= 0.3 is 0 Å². The number of hydrogen-bond acceptors (Lipinski definition) is 6. The summed E-state index contributed by atoms with van der Waals surface area (Å²) in [5.41, 5.74) is 0.330. The van der Waals surface area contributed by atoms with E-state index in [0.29, 0.717) is 30.0 Å². The highest BCUT2D eigenvalue weighted by Gasteiger charge is 2.24. The number of aromatic nitrogens is 1. The first-order chi connectivity index (χ1) is 16.6. The molecule has 0 spiro atoms. The van der Waals surface area contributed by atoms with Crippen molar-refractivity contribution >= 4 is 38.4 Å². The Hall–Kier alpha value is -3.70. The van der Waals surface area contributed by atoms with Gasteiger partial charge in [-0.15, -0.1) is 0 Å². The molecule has 3 aromatic rings. The molecule has 1 heterocycles. The third kappa shape index (κ3) is 5.69. The van der Waals surface area contributed by atoms with Crippen LogP contribution >= 0.6 is 0 Å². The molecule has 11 heteroatoms. The van der Waals surface area contributed by atoms with Crippen molar-refractivity contribution in [3.63, 3.8) is 0 Å². The molecule has 2 aromatic carbocycles. The van der Waals surface area contributed by atoms with Gasteiger partial charge in [0.15, 0.2) is 0 Å². The Kier molecular flexibility index (Phi) is 7.92. The van der Waals surface area contributed by atoms with Crippen molar-refractivity contribution in [2.75, 3.05) is 39.1 Å². The predicted molar refractivity (Wildman–Crippen MR) is 133 cm³/mol. The molecule has 0 bridgehead atoms. The van der Waals surface area contributed by atoms with Crippen LogP contribution in [-0.4, -0.2) is 68.2 Å². The molecule has 0 radical (unpaired) electrons. The van der Waals surface area contributed by atoms with Crippen molar-refractivity contribution in [3.05, 3.63) is 64.4 Å². The summed E-state index contributed by atoms with van der Waals surface area (Å²) in [6.45, 7) is 3.78. The molecular formula is C24H28N4O6S. The number of aromatic amines is 1. The van der Waals surface area contributed by atoms with Crippen molar-refractivity contribution in [1.29, 1.82) is 0 Å². The second-order valence-corrected chi connectivity index (χ2v) is 9.72. The minimum Gasteiger partial charge on any atom is -0.497 e. The van der Waals surface area contributed by atoms with Gasteiger partial charge in [0.25, 0.3) is 5.91 Å². The Balaban J connectivity index is 1.89. The molecule has 2 N–H and O–H groups in total. The number of carbonyl (C=O) groups excluding carboxylic acids is 2. The number of likely N-dealkylation sites (N-methyl/N-ethyl adjacent to an activating group) is 1. The van der Waals surface area contributed by atoms with Gasteiger partial charge in [0, 0.05) is 42.8 Å². The summed E-state index contributed by atoms with van der Waals surface area (Å²) >= 11 is 0. The Labute approximate surface area is 203 Å². The molecule has 186 valence electrons. The molecule has 2 amide bonds. The van der Waals surface area contributed by atoms with E-state index >= 15 is 0 Å². The number of pyridine rings is 1. The van der Waals surface area contributed by atoms with Crippen molar-refractivity contribution < 1.29 is 22.7 Å². The molecule has 0 saturated carbocycles. The summed E-state index contributed by atoms with van der Waals surface area (Å²) in [6, 6.07) is 12.1. The largest absolute Gasteiger partial charge is 0.497 e. The zero-order chi connectivity index (χ0) is 25.8. The number of methoxy groups -OCH3 is 1. The number of ether oxygens (including phenoxy) is 1. The van der Waals surface area contributed by atoms with Crippen molar-refractivity contribution in [1.82, 2.24) is 14.2 Å². The van der Waals surface area contributed by atoms with Gasteiger partial charge in [0.1, 0.15) is 5.75 Å². The number of sulfonamides is 1. The topological polar surface area (TPSA) is 129 Å². The molecule has 0 atom stereocenters. The van der Waals surface area contributed by atoms with Crippen LogP contribution in [0.1, 0.15) is 24.2 Å². The zero-order valence-electron chi connectivity index (χ0n) is 20.0. The lowest BCUT2D eigenvalue weighted by Gasteiger charge is -2.20. The molecule has 10 nitrogen and oxygen atoms in total. The standard InChI is InChI=1S/C24H28N4O6S/c1-5-28(6-2)35(32,33)18-11-12-21-19(13-18)20(14-22(29)26-21)24(31)27(3)15-23(30)25-16-7-9-17(34-4)10-8-16/h7-14H,5-6,15H2,1-4H3,(H,25,30)(H,26,29). The number of amides is 2. The number of fused-ring (bicyclic) bond motifs is 1. The highest BCUT2D eigenvalue weighted by atomic mass is 32.2. The third-order valence-electron chi connectivity index (χ3n) is 5.49. The third-order valence-corrected chi connectivity index (χ3v) is 7.54. The lowest BCUT2D eigenvalue weighted by molar-refractivity contribution is -0.116. The van der Waals surface area contributed by atoms with Crippen LogP contribution in [-0.2, 0) is 14.8 Å². The van der Waals surface area contributed by atoms with Gasteiger partial charge in [-0.3, -0.25) is 14.4 Å². The molecule has 3 rings (SSSR count). The minimum atomic E-state index is -3.78. The minimum absolute atomic E-state index is 0.0000874. The van der Waals surface area contributed by atoms with Gasteiger partial charge in [0.2, 0.25) is 21.5 Å². The van der Waals surface area contributed by atoms with Crippen LogP contribution in [0.2, 0.25) is 0 Å². The number of benzene rings is 2. The van der Waals surface area contributed by atoms with Gasteiger partial charge in [-0.2, -0.15) is 4.31 Å². The van der Waals surface area contributed by atoms with Crippen molar-refractivity contribution in [2.45, 2.75) is 18.7 Å². The van der Waals surface area contributed by atoms with E-state index in [0.717, 1.165) is 6.07 Å². The van der Waals surface area contributed by atoms with E-state index < -0.39 is 27.4 Å². The molecule has 0 aliphatic carbocycles. The number of nitrogens with zero attached hydrogens (tertiary/aromatic N) is 2. The molecule has 0 saturated heterocycles. The maximum atomic E-state index is 13.2. The van der Waals surface area contributed by atoms with Crippen LogP contribution in [0.5, 0.6) is 5.75 Å². The van der Waals surface area contributed by atoms with Gasteiger partial charge < -0.3 is 19.9 Å². The molecule has 35 heavy (non-hydrogen) atoms. The summed E-state index contributed by atoms with van der Waals surface area (Å²) in [5, 5.41) is 2.96. The lowest BCUT2D eigenvalue weighted by atomic mass is 10.1. The van der Waals surface area contributed by atoms with Crippen molar-refractivity contribution in [3.8, 4) is 5.75 Å². The van der Waals surface area contributed by atoms with Gasteiger partial charge in [-0.1, -0.05) is 13.8 Å². The Bertz CT molecular complexity index is 1400. The van der Waals surface area contributed by atoms with Crippen LogP contribution in [0.4, 0.5) is 5.69 Å². The summed E-state index contributed by atoms with van der Waals surface area (Å²) in [7, 11) is -0.815. The molecule has 1 aromatic heterocycles. The summed E-state index contributed by atoms with van der Waals surface area (Å²) in [6.07, 6.45) is 0. The highest BCUT2D eigenvalue weighted by molar-refractivity contribution is 7.89. The van der Waals surface area contributed by atoms with Crippen molar-refractivity contribution in [2.24, 2.45) is 0 Å². The van der Waals surface area contributed by atoms with E-state index in [1.807, 2.05) is 0 Å². The lowest BCUT2D eigenvalue weighted by Crippen LogP contribution is -2.35. The van der Waals surface area contributed by atoms with Crippen LogP contribution in [0.3, 0.4) is 0 Å². The van der Waals surface area contributed by atoms with E-state index in [1.54, 1.807) is 38.1 Å². The second kappa shape index (κ2) is 10.7. The average Bonchev–Trinajstić information content (AvgIpc) is 2.83. The van der Waals surface area contributed by atoms with Crippen LogP contribution in [0.25, 0.3) is 10.9 Å². The fourth-order valence-corrected chi connectivity index (χ4v) is 5.14. The number of carbonyl (C=O) groups is 2. The number of H-pyrrole nitrogens is 1. The summed E-state index contributed by atoms with van der Waals surface area (Å²) < 4.78 is 32.3. The number of hydrogen-bond donors (Lipinski definition) is 2. The normalized spacial score (nSPS) is 11.5. The van der Waals surface area contributed by atoms with Crippen LogP contribution in [0.15, 0.2) is 58.2 Å². The highest BCUT2D eigenvalue weighted by Crippen LogP contribution is 2.23. The van der Waals surface area contributed by atoms with E-state index in [-0.39, 0.29) is 22.4 Å². The molecule has 0 aliphatic rings. The van der Waals surface area contributed by atoms with E-state index in [2.05, 4.69) is 10.3 Å². The number of anilines is 1. The van der Waals surface area contributed by atoms with E-state index in [4.69, 9.17) is 4.74 Å². The fourth-order valence-electron chi connectivity index (χ4n) is 3.65. The summed E-state index contributed by atoms with van der Waals surface area (Å²) in [4.78, 5) is 41.7. The second-order valence-electron chi connectivity index (χ2n) is 7.78. The SMILES string of the molecule is CCN(CC)S(=O)(=O)c1ccc2[nH]c(=O)cc(C(=O)N(C)CC(=O)Nc3ccc(OC)cc3)c2c1. The maximum Gasteiger partial charge on any atom is 0.254 e. The van der Waals surface area contributed by atoms with Gasteiger partial charge in [-0.05, 0) is 42.5 Å². The van der Waals surface area contributed by atoms with Crippen LogP contribution < -0.4 is 15.6 Å². The molecule has 0 fully saturated rings. The Morgan fingerprint density at radius 2 is 1.69 bits per heavy atom. The maximum absolute atomic E-state index is 13.2. The number of nitrogens with one attached hydrogen (secondary N) is 2. The zero-order valence-corrected chi connectivity index (χ0v) is 20.8. The number of rotatable bonds is 9. The Morgan fingerprint density at radius 1 is 1.03 bits per heavy atom. The Morgan fingerprint density at radius 3 is 2.29 bits per heavy atom. The quantitative estimate of drug-likeness (QED) is 0.464. The first-order valence-electron chi connectivity index (χ1n) is 11.0. The smallest absolute Gasteiger partial charge is 0.254 e. The average molecular weight is 501 g/mol. The summed E-state index contributed by atoms with van der Waals surface area (Å²) in [5.74, 6) is -0.396. The molecule has 0 unspecified atom stereocenters. The molecule has 0 aliphatic heterocycles. The van der Waals surface area contributed by atoms with Crippen LogP contribution in [0, 0.1) is 0 Å².